The summed E-state index contributed by atoms with van der Waals surface area (Å²) >= 11 is 0. The minimum atomic E-state index is 0.00963. The van der Waals surface area contributed by atoms with Crippen LogP contribution in [0.4, 0.5) is 0 Å². The van der Waals surface area contributed by atoms with Crippen molar-refractivity contribution in [3.05, 3.63) is 48.0 Å². The van der Waals surface area contributed by atoms with Crippen LogP contribution in [0.15, 0.2) is 36.7 Å². The minimum absolute atomic E-state index is 0.00963. The molecule has 4 nitrogen and oxygen atoms in total. The van der Waals surface area contributed by atoms with E-state index in [4.69, 9.17) is 0 Å². The van der Waals surface area contributed by atoms with E-state index in [1.807, 2.05) is 23.0 Å². The van der Waals surface area contributed by atoms with Gasteiger partial charge in [0.2, 0.25) is 0 Å². The van der Waals surface area contributed by atoms with E-state index in [9.17, 15) is 4.79 Å². The van der Waals surface area contributed by atoms with Crippen LogP contribution in [0, 0.1) is 0 Å². The first kappa shape index (κ1) is 13.5. The predicted molar refractivity (Wildman–Crippen MR) is 74.1 cm³/mol. The largest absolute Gasteiger partial charge is 0.292 e. The average Bonchev–Trinajstić information content (AvgIpc) is 2.89. The molecule has 4 heteroatoms. The van der Waals surface area contributed by atoms with Gasteiger partial charge in [0.05, 0.1) is 18.2 Å². The van der Waals surface area contributed by atoms with E-state index in [0.29, 0.717) is 18.2 Å². The molecule has 2 aromatic rings. The molecule has 0 aliphatic heterocycles. The molecule has 2 rings (SSSR count). The summed E-state index contributed by atoms with van der Waals surface area (Å²) in [6.07, 6.45) is 6.00. The highest BCUT2D eigenvalue weighted by Crippen LogP contribution is 2.15. The second-order valence-electron chi connectivity index (χ2n) is 4.57. The summed E-state index contributed by atoms with van der Waals surface area (Å²) in [4.78, 5) is 16.1. The molecule has 0 aromatic carbocycles. The van der Waals surface area contributed by atoms with Gasteiger partial charge in [0.25, 0.3) is 0 Å². The zero-order valence-corrected chi connectivity index (χ0v) is 11.4. The molecule has 0 amide bonds. The minimum Gasteiger partial charge on any atom is -0.292 e. The molecular weight excluding hydrogens is 238 g/mol. The third-order valence-corrected chi connectivity index (χ3v) is 3.27. The smallest absolute Gasteiger partial charge is 0.187 e. The molecule has 100 valence electrons. The van der Waals surface area contributed by atoms with Gasteiger partial charge < -0.3 is 0 Å². The van der Waals surface area contributed by atoms with Gasteiger partial charge in [-0.3, -0.25) is 14.5 Å². The maximum Gasteiger partial charge on any atom is 0.187 e. The third-order valence-electron chi connectivity index (χ3n) is 3.27. The SMILES string of the molecule is CCC(CC)n1ccc(CC(=O)c2ccccn2)n1. The van der Waals surface area contributed by atoms with Gasteiger partial charge in [0.1, 0.15) is 5.69 Å². The summed E-state index contributed by atoms with van der Waals surface area (Å²) < 4.78 is 1.96. The van der Waals surface area contributed by atoms with Crippen molar-refractivity contribution in [1.82, 2.24) is 14.8 Å². The highest BCUT2D eigenvalue weighted by atomic mass is 16.1. The maximum absolute atomic E-state index is 12.0. The molecule has 0 unspecified atom stereocenters. The molecule has 2 aromatic heterocycles. The van der Waals surface area contributed by atoms with E-state index in [1.54, 1.807) is 18.3 Å². The molecule has 0 fully saturated rings. The lowest BCUT2D eigenvalue weighted by Crippen LogP contribution is -2.10. The molecule has 0 saturated carbocycles. The molecule has 0 saturated heterocycles. The normalized spacial score (nSPS) is 10.9. The van der Waals surface area contributed by atoms with Crippen LogP contribution in [0.25, 0.3) is 0 Å². The number of carbonyl (C=O) groups excluding carboxylic acids is 1. The molecule has 0 radical (unpaired) electrons. The van der Waals surface area contributed by atoms with Gasteiger partial charge in [-0.2, -0.15) is 5.10 Å². The van der Waals surface area contributed by atoms with E-state index in [2.05, 4.69) is 23.9 Å². The molecule has 0 bridgehead atoms. The van der Waals surface area contributed by atoms with E-state index >= 15 is 0 Å². The lowest BCUT2D eigenvalue weighted by atomic mass is 10.1. The monoisotopic (exact) mass is 257 g/mol. The predicted octanol–water partition coefficient (Wildman–Crippen LogP) is 3.06. The Bertz CT molecular complexity index is 529. The number of rotatable bonds is 6. The Morgan fingerprint density at radius 3 is 2.68 bits per heavy atom. The molecule has 0 aliphatic rings. The number of nitrogens with zero attached hydrogens (tertiary/aromatic N) is 3. The summed E-state index contributed by atoms with van der Waals surface area (Å²) in [7, 11) is 0. The van der Waals surface area contributed by atoms with Crippen LogP contribution in [-0.2, 0) is 6.42 Å². The fraction of sp³-hybridized carbons (Fsp3) is 0.400. The van der Waals surface area contributed by atoms with Gasteiger partial charge in [-0.25, -0.2) is 0 Å². The summed E-state index contributed by atoms with van der Waals surface area (Å²) in [6, 6.07) is 7.69. The molecular formula is C15H19N3O. The molecule has 0 N–H and O–H groups in total. The quantitative estimate of drug-likeness (QED) is 0.747. The Balaban J connectivity index is 2.06. The third kappa shape index (κ3) is 3.28. The standard InChI is InChI=1S/C15H19N3O/c1-3-13(4-2)18-10-8-12(17-18)11-15(19)14-7-5-6-9-16-14/h5-10,13H,3-4,11H2,1-2H3. The summed E-state index contributed by atoms with van der Waals surface area (Å²) in [5.41, 5.74) is 1.31. The van der Waals surface area contributed by atoms with Crippen LogP contribution in [0.1, 0.15) is 48.9 Å². The van der Waals surface area contributed by atoms with Crippen molar-refractivity contribution in [2.45, 2.75) is 39.2 Å². The van der Waals surface area contributed by atoms with Crippen molar-refractivity contribution >= 4 is 5.78 Å². The van der Waals surface area contributed by atoms with Gasteiger partial charge in [0.15, 0.2) is 5.78 Å². The first-order valence-corrected chi connectivity index (χ1v) is 6.72. The zero-order chi connectivity index (χ0) is 13.7. The lowest BCUT2D eigenvalue weighted by molar-refractivity contribution is 0.0987. The van der Waals surface area contributed by atoms with E-state index in [1.165, 1.54) is 0 Å². The Morgan fingerprint density at radius 2 is 2.05 bits per heavy atom. The highest BCUT2D eigenvalue weighted by molar-refractivity contribution is 5.95. The second-order valence-corrected chi connectivity index (χ2v) is 4.57. The second kappa shape index (κ2) is 6.27. The molecule has 0 aliphatic carbocycles. The van der Waals surface area contributed by atoms with Gasteiger partial charge in [-0.15, -0.1) is 0 Å². The average molecular weight is 257 g/mol. The number of aromatic nitrogens is 3. The van der Waals surface area contributed by atoms with Crippen molar-refractivity contribution in [3.63, 3.8) is 0 Å². The summed E-state index contributed by atoms with van der Waals surface area (Å²) in [5, 5.41) is 4.49. The van der Waals surface area contributed by atoms with E-state index in [-0.39, 0.29) is 5.78 Å². The summed E-state index contributed by atoms with van der Waals surface area (Å²) in [5.74, 6) is 0.00963. The van der Waals surface area contributed by atoms with Crippen molar-refractivity contribution in [1.29, 1.82) is 0 Å². The lowest BCUT2D eigenvalue weighted by Gasteiger charge is -2.12. The number of ketones is 1. The Hall–Kier alpha value is -1.97. The zero-order valence-electron chi connectivity index (χ0n) is 11.4. The number of carbonyl (C=O) groups is 1. The number of hydrogen-bond donors (Lipinski definition) is 0. The van der Waals surface area contributed by atoms with Gasteiger partial charge in [0, 0.05) is 12.4 Å². The summed E-state index contributed by atoms with van der Waals surface area (Å²) in [6.45, 7) is 4.29. The van der Waals surface area contributed by atoms with Crippen LogP contribution in [-0.4, -0.2) is 20.5 Å². The van der Waals surface area contributed by atoms with Crippen molar-refractivity contribution in [2.24, 2.45) is 0 Å². The Kier molecular flexibility index (Phi) is 4.44. The van der Waals surface area contributed by atoms with E-state index < -0.39 is 0 Å². The molecule has 19 heavy (non-hydrogen) atoms. The molecule has 0 spiro atoms. The van der Waals surface area contributed by atoms with Crippen LogP contribution < -0.4 is 0 Å². The Labute approximate surface area is 113 Å². The molecule has 0 atom stereocenters. The van der Waals surface area contributed by atoms with Crippen LogP contribution >= 0.6 is 0 Å². The van der Waals surface area contributed by atoms with Gasteiger partial charge in [-0.05, 0) is 31.0 Å². The van der Waals surface area contributed by atoms with Crippen LogP contribution in [0.3, 0.4) is 0 Å². The Morgan fingerprint density at radius 1 is 1.26 bits per heavy atom. The first-order chi connectivity index (χ1) is 9.24. The number of Topliss-reactive ketones (excluding diaryl/α,β-unsaturated/α-hetero) is 1. The highest BCUT2D eigenvalue weighted by Gasteiger charge is 2.12. The number of hydrogen-bond acceptors (Lipinski definition) is 3. The molecule has 2 heterocycles. The fourth-order valence-corrected chi connectivity index (χ4v) is 2.12. The van der Waals surface area contributed by atoms with E-state index in [0.717, 1.165) is 18.5 Å². The van der Waals surface area contributed by atoms with Gasteiger partial charge >= 0.3 is 0 Å². The first-order valence-electron chi connectivity index (χ1n) is 6.72. The van der Waals surface area contributed by atoms with Crippen molar-refractivity contribution < 1.29 is 4.79 Å². The fourth-order valence-electron chi connectivity index (χ4n) is 2.12. The van der Waals surface area contributed by atoms with Crippen LogP contribution in [0.5, 0.6) is 0 Å². The van der Waals surface area contributed by atoms with Crippen molar-refractivity contribution in [3.8, 4) is 0 Å². The maximum atomic E-state index is 12.0. The van der Waals surface area contributed by atoms with Crippen LogP contribution in [0.2, 0.25) is 0 Å². The topological polar surface area (TPSA) is 47.8 Å². The number of pyridine rings is 1. The van der Waals surface area contributed by atoms with Crippen molar-refractivity contribution in [2.75, 3.05) is 0 Å². The van der Waals surface area contributed by atoms with Gasteiger partial charge in [-0.1, -0.05) is 19.9 Å².